The average molecular weight is 458 g/mol. The highest BCUT2D eigenvalue weighted by atomic mass is 19.1. The fourth-order valence-corrected chi connectivity index (χ4v) is 5.00. The van der Waals surface area contributed by atoms with E-state index in [1.807, 2.05) is 36.4 Å². The van der Waals surface area contributed by atoms with Crippen LogP contribution in [0.15, 0.2) is 60.8 Å². The topological polar surface area (TPSA) is 61.7 Å². The quantitative estimate of drug-likeness (QED) is 0.463. The number of amides is 1. The maximum atomic E-state index is 13.8. The minimum absolute atomic E-state index is 0.0563. The second-order valence-corrected chi connectivity index (χ2v) is 8.59. The number of nitrogens with one attached hydrogen (secondary N) is 1. The Labute approximate surface area is 195 Å². The molecule has 3 aromatic carbocycles. The predicted molar refractivity (Wildman–Crippen MR) is 127 cm³/mol. The maximum absolute atomic E-state index is 13.8. The largest absolute Gasteiger partial charge is 0.493 e. The zero-order valence-electron chi connectivity index (χ0n) is 18.6. The minimum Gasteiger partial charge on any atom is -0.493 e. The molecule has 2 aliphatic heterocycles. The molecule has 1 unspecified atom stereocenters. The number of benzene rings is 3. The second-order valence-electron chi connectivity index (χ2n) is 8.59. The molecule has 1 atom stereocenters. The smallest absolute Gasteiger partial charge is 0.225 e. The number of fused-ring (bicyclic) bond motifs is 1. The van der Waals surface area contributed by atoms with E-state index < -0.39 is 0 Å². The van der Waals surface area contributed by atoms with Crippen molar-refractivity contribution in [1.29, 1.82) is 0 Å². The zero-order valence-corrected chi connectivity index (χ0v) is 18.6. The van der Waals surface area contributed by atoms with Crippen molar-refractivity contribution < 1.29 is 23.4 Å². The zero-order chi connectivity index (χ0) is 23.2. The van der Waals surface area contributed by atoms with Crippen LogP contribution in [0.25, 0.3) is 10.9 Å². The molecule has 6 nitrogen and oxygen atoms in total. The summed E-state index contributed by atoms with van der Waals surface area (Å²) in [6.45, 7) is 1.44. The summed E-state index contributed by atoms with van der Waals surface area (Å²) in [5.41, 5.74) is 4.57. The number of ether oxygens (including phenoxy) is 3. The molecule has 0 aliphatic carbocycles. The molecule has 2 aliphatic rings. The first-order chi connectivity index (χ1) is 16.6. The number of halogens is 1. The minimum atomic E-state index is -0.260. The van der Waals surface area contributed by atoms with Crippen molar-refractivity contribution in [2.24, 2.45) is 0 Å². The Hall–Kier alpha value is -4.00. The first kappa shape index (κ1) is 20.6. The third kappa shape index (κ3) is 3.44. The number of hydrogen-bond acceptors (Lipinski definition) is 4. The summed E-state index contributed by atoms with van der Waals surface area (Å²) >= 11 is 0. The van der Waals surface area contributed by atoms with Crippen molar-refractivity contribution in [2.45, 2.75) is 18.9 Å². The molecule has 0 radical (unpaired) electrons. The van der Waals surface area contributed by atoms with Crippen LogP contribution >= 0.6 is 0 Å². The van der Waals surface area contributed by atoms with Gasteiger partial charge in [0.2, 0.25) is 11.7 Å². The summed E-state index contributed by atoms with van der Waals surface area (Å²) in [6.07, 6.45) is 2.35. The van der Waals surface area contributed by atoms with Gasteiger partial charge in [0.25, 0.3) is 0 Å². The van der Waals surface area contributed by atoms with E-state index in [2.05, 4.69) is 16.1 Å². The van der Waals surface area contributed by atoms with E-state index in [1.54, 1.807) is 19.2 Å². The predicted octanol–water partition coefficient (Wildman–Crippen LogP) is 5.08. The molecule has 1 N–H and O–H groups in total. The molecule has 3 heterocycles. The number of carbonyl (C=O) groups excluding carboxylic acids is 1. The van der Waals surface area contributed by atoms with Gasteiger partial charge in [-0.15, -0.1) is 0 Å². The van der Waals surface area contributed by atoms with E-state index in [1.165, 1.54) is 6.07 Å². The Morgan fingerprint density at radius 3 is 2.82 bits per heavy atom. The number of nitrogens with zero attached hydrogens (tertiary/aromatic N) is 1. The van der Waals surface area contributed by atoms with Gasteiger partial charge in [0.1, 0.15) is 19.0 Å². The second kappa shape index (κ2) is 8.09. The van der Waals surface area contributed by atoms with Gasteiger partial charge >= 0.3 is 0 Å². The van der Waals surface area contributed by atoms with E-state index in [0.717, 1.165) is 33.3 Å². The molecule has 0 fully saturated rings. The van der Waals surface area contributed by atoms with Crippen molar-refractivity contribution >= 4 is 22.5 Å². The van der Waals surface area contributed by atoms with E-state index in [0.29, 0.717) is 37.0 Å². The Morgan fingerprint density at radius 2 is 1.97 bits per heavy atom. The van der Waals surface area contributed by atoms with Crippen LogP contribution in [0.3, 0.4) is 0 Å². The third-order valence-corrected chi connectivity index (χ3v) is 6.47. The Kier molecular flexibility index (Phi) is 4.90. The highest BCUT2D eigenvalue weighted by Gasteiger charge is 2.30. The first-order valence-electron chi connectivity index (χ1n) is 11.2. The van der Waals surface area contributed by atoms with E-state index in [9.17, 15) is 9.18 Å². The number of hydrogen-bond donors (Lipinski definition) is 1. The van der Waals surface area contributed by atoms with Crippen LogP contribution in [0.1, 0.15) is 29.0 Å². The van der Waals surface area contributed by atoms with Crippen LogP contribution in [0.5, 0.6) is 17.2 Å². The van der Waals surface area contributed by atoms with E-state index in [-0.39, 0.29) is 24.1 Å². The van der Waals surface area contributed by atoms with Crippen LogP contribution in [-0.4, -0.2) is 30.8 Å². The number of methoxy groups -OCH3 is 1. The highest BCUT2D eigenvalue weighted by Crippen LogP contribution is 2.46. The van der Waals surface area contributed by atoms with Gasteiger partial charge in [0.15, 0.2) is 11.5 Å². The third-order valence-electron chi connectivity index (χ3n) is 6.47. The lowest BCUT2D eigenvalue weighted by Crippen LogP contribution is -2.17. The van der Waals surface area contributed by atoms with E-state index in [4.69, 9.17) is 14.2 Å². The van der Waals surface area contributed by atoms with Crippen molar-refractivity contribution in [3.8, 4) is 17.2 Å². The molecule has 0 bridgehead atoms. The monoisotopic (exact) mass is 458 g/mol. The number of rotatable bonds is 4. The van der Waals surface area contributed by atoms with E-state index >= 15 is 0 Å². The molecule has 1 aromatic heterocycles. The van der Waals surface area contributed by atoms with Gasteiger partial charge in [-0.05, 0) is 53.1 Å². The average Bonchev–Trinajstić information content (AvgIpc) is 3.13. The lowest BCUT2D eigenvalue weighted by atomic mass is 9.88. The molecular weight excluding hydrogens is 435 g/mol. The summed E-state index contributed by atoms with van der Waals surface area (Å²) in [7, 11) is 1.60. The SMILES string of the molecule is COc1cc(C2CC(=O)Nc3cccc4c3c2cn4Cc2cccc(F)c2)cc2c1OCCO2. The van der Waals surface area contributed by atoms with Crippen molar-refractivity contribution in [2.75, 3.05) is 25.6 Å². The fourth-order valence-electron chi connectivity index (χ4n) is 5.00. The lowest BCUT2D eigenvalue weighted by Gasteiger charge is -2.23. The van der Waals surface area contributed by atoms with Crippen LogP contribution in [-0.2, 0) is 11.3 Å². The lowest BCUT2D eigenvalue weighted by molar-refractivity contribution is -0.116. The molecule has 34 heavy (non-hydrogen) atoms. The van der Waals surface area contributed by atoms with Crippen LogP contribution in [0, 0.1) is 5.82 Å². The van der Waals surface area contributed by atoms with Crippen molar-refractivity contribution in [3.63, 3.8) is 0 Å². The first-order valence-corrected chi connectivity index (χ1v) is 11.2. The van der Waals surface area contributed by atoms with Gasteiger partial charge in [-0.1, -0.05) is 18.2 Å². The summed E-state index contributed by atoms with van der Waals surface area (Å²) in [5, 5.41) is 4.05. The van der Waals surface area contributed by atoms with Gasteiger partial charge in [-0.2, -0.15) is 0 Å². The van der Waals surface area contributed by atoms with Crippen LogP contribution in [0.4, 0.5) is 10.1 Å². The van der Waals surface area contributed by atoms with Crippen molar-refractivity contribution in [1.82, 2.24) is 4.57 Å². The number of anilines is 1. The molecule has 0 saturated heterocycles. The van der Waals surface area contributed by atoms with Crippen LogP contribution in [0.2, 0.25) is 0 Å². The summed E-state index contributed by atoms with van der Waals surface area (Å²) in [4.78, 5) is 12.9. The van der Waals surface area contributed by atoms with Gasteiger partial charge in [0.05, 0.1) is 18.3 Å². The Balaban J connectivity index is 1.52. The summed E-state index contributed by atoms with van der Waals surface area (Å²) in [5.74, 6) is 1.26. The summed E-state index contributed by atoms with van der Waals surface area (Å²) < 4.78 is 33.1. The van der Waals surface area contributed by atoms with Gasteiger partial charge in [0, 0.05) is 30.5 Å². The summed E-state index contributed by atoms with van der Waals surface area (Å²) in [6, 6.07) is 16.4. The normalized spacial score (nSPS) is 16.8. The molecule has 7 heteroatoms. The number of aromatic nitrogens is 1. The molecule has 6 rings (SSSR count). The molecule has 4 aromatic rings. The van der Waals surface area contributed by atoms with Gasteiger partial charge < -0.3 is 24.1 Å². The van der Waals surface area contributed by atoms with Gasteiger partial charge in [-0.3, -0.25) is 4.79 Å². The molecular formula is C27H23FN2O4. The van der Waals surface area contributed by atoms with Gasteiger partial charge in [-0.25, -0.2) is 4.39 Å². The maximum Gasteiger partial charge on any atom is 0.225 e. The molecule has 0 saturated carbocycles. The molecule has 172 valence electrons. The number of carbonyl (C=O) groups is 1. The van der Waals surface area contributed by atoms with Crippen molar-refractivity contribution in [3.05, 3.63) is 83.3 Å². The fraction of sp³-hybridized carbons (Fsp3) is 0.222. The van der Waals surface area contributed by atoms with Crippen LogP contribution < -0.4 is 19.5 Å². The highest BCUT2D eigenvalue weighted by molar-refractivity contribution is 6.06. The Bertz CT molecular complexity index is 1410. The Morgan fingerprint density at radius 1 is 1.12 bits per heavy atom. The molecule has 0 spiro atoms. The standard InChI is InChI=1S/C27H23FN2O4/c1-32-23-11-17(12-24-27(23)34-9-8-33-24)19-13-25(31)29-21-6-3-7-22-26(21)20(19)15-30(22)14-16-4-2-5-18(28)10-16/h2-7,10-12,15,19H,8-9,13-14H2,1H3,(H,29,31). The molecule has 1 amide bonds.